The summed E-state index contributed by atoms with van der Waals surface area (Å²) >= 11 is 0. The lowest BCUT2D eigenvalue weighted by atomic mass is 9.97. The van der Waals surface area contributed by atoms with Gasteiger partial charge in [0.15, 0.2) is 11.5 Å². The van der Waals surface area contributed by atoms with Gasteiger partial charge in [0, 0.05) is 6.54 Å². The minimum atomic E-state index is 0.148. The Morgan fingerprint density at radius 1 is 0.952 bits per heavy atom. The van der Waals surface area contributed by atoms with E-state index in [1.807, 2.05) is 18.2 Å². The molecule has 21 heavy (non-hydrogen) atoms. The number of ether oxygens (including phenoxy) is 3. The summed E-state index contributed by atoms with van der Waals surface area (Å²) < 4.78 is 16.1. The van der Waals surface area contributed by atoms with Crippen molar-refractivity contribution in [3.05, 3.63) is 53.1 Å². The van der Waals surface area contributed by atoms with Crippen molar-refractivity contribution in [2.45, 2.75) is 12.6 Å². The molecule has 110 valence electrons. The standard InChI is InChI=1S/C17H19NO3/c1-19-13-6-4-5-11(7-13)17-14-9-16(21-3)15(20-2)8-12(14)10-18-17/h4-9,17-18H,10H2,1-3H3. The van der Waals surface area contributed by atoms with Gasteiger partial charge in [-0.25, -0.2) is 0 Å². The maximum absolute atomic E-state index is 5.41. The van der Waals surface area contributed by atoms with E-state index in [-0.39, 0.29) is 6.04 Å². The van der Waals surface area contributed by atoms with Crippen molar-refractivity contribution in [1.82, 2.24) is 5.32 Å². The maximum atomic E-state index is 5.41. The molecule has 1 N–H and O–H groups in total. The Balaban J connectivity index is 2.03. The summed E-state index contributed by atoms with van der Waals surface area (Å²) in [4.78, 5) is 0. The normalized spacial score (nSPS) is 16.4. The quantitative estimate of drug-likeness (QED) is 0.937. The molecule has 1 heterocycles. The molecule has 4 heteroatoms. The zero-order chi connectivity index (χ0) is 14.8. The van der Waals surface area contributed by atoms with E-state index in [1.165, 1.54) is 16.7 Å². The van der Waals surface area contributed by atoms with Crippen molar-refractivity contribution in [2.24, 2.45) is 0 Å². The third-order valence-electron chi connectivity index (χ3n) is 3.88. The van der Waals surface area contributed by atoms with Crippen LogP contribution in [-0.2, 0) is 6.54 Å². The lowest BCUT2D eigenvalue weighted by molar-refractivity contribution is 0.354. The molecule has 0 saturated heterocycles. The highest BCUT2D eigenvalue weighted by atomic mass is 16.5. The molecular weight excluding hydrogens is 266 g/mol. The molecule has 0 spiro atoms. The Kier molecular flexibility index (Phi) is 3.71. The smallest absolute Gasteiger partial charge is 0.161 e. The van der Waals surface area contributed by atoms with E-state index in [0.717, 1.165) is 23.8 Å². The van der Waals surface area contributed by atoms with E-state index >= 15 is 0 Å². The van der Waals surface area contributed by atoms with Gasteiger partial charge in [0.2, 0.25) is 0 Å². The zero-order valence-electron chi connectivity index (χ0n) is 12.5. The number of fused-ring (bicyclic) bond motifs is 1. The second kappa shape index (κ2) is 5.66. The average molecular weight is 285 g/mol. The fourth-order valence-corrected chi connectivity index (χ4v) is 2.80. The van der Waals surface area contributed by atoms with Crippen molar-refractivity contribution >= 4 is 0 Å². The van der Waals surface area contributed by atoms with E-state index in [9.17, 15) is 0 Å². The summed E-state index contributed by atoms with van der Waals surface area (Å²) in [5.74, 6) is 2.39. The molecule has 3 rings (SSSR count). The zero-order valence-corrected chi connectivity index (χ0v) is 12.5. The van der Waals surface area contributed by atoms with Crippen LogP contribution in [0.5, 0.6) is 17.2 Å². The molecule has 0 bridgehead atoms. The molecule has 0 saturated carbocycles. The van der Waals surface area contributed by atoms with E-state index in [4.69, 9.17) is 14.2 Å². The molecule has 2 aromatic rings. The average Bonchev–Trinajstić information content (AvgIpc) is 2.96. The first kappa shape index (κ1) is 13.8. The molecule has 2 aromatic carbocycles. The van der Waals surface area contributed by atoms with Crippen molar-refractivity contribution in [2.75, 3.05) is 21.3 Å². The first-order valence-corrected chi connectivity index (χ1v) is 6.89. The molecule has 1 aliphatic rings. The summed E-state index contributed by atoms with van der Waals surface area (Å²) in [5, 5.41) is 3.53. The second-order valence-corrected chi connectivity index (χ2v) is 5.00. The molecule has 1 atom stereocenters. The van der Waals surface area contributed by atoms with Gasteiger partial charge in [0.05, 0.1) is 27.4 Å². The largest absolute Gasteiger partial charge is 0.497 e. The molecule has 0 fully saturated rings. The minimum Gasteiger partial charge on any atom is -0.497 e. The van der Waals surface area contributed by atoms with Crippen LogP contribution >= 0.6 is 0 Å². The van der Waals surface area contributed by atoms with E-state index in [1.54, 1.807) is 21.3 Å². The highest BCUT2D eigenvalue weighted by molar-refractivity contribution is 5.52. The van der Waals surface area contributed by atoms with Crippen LogP contribution in [-0.4, -0.2) is 21.3 Å². The monoisotopic (exact) mass is 285 g/mol. The van der Waals surface area contributed by atoms with Gasteiger partial charge < -0.3 is 19.5 Å². The molecular formula is C17H19NO3. The topological polar surface area (TPSA) is 39.7 Å². The Morgan fingerprint density at radius 3 is 2.43 bits per heavy atom. The van der Waals surface area contributed by atoms with Gasteiger partial charge in [-0.1, -0.05) is 12.1 Å². The molecule has 0 aromatic heterocycles. The Bertz CT molecular complexity index is 654. The van der Waals surface area contributed by atoms with Crippen molar-refractivity contribution in [3.63, 3.8) is 0 Å². The van der Waals surface area contributed by atoms with Crippen LogP contribution in [0.15, 0.2) is 36.4 Å². The fourth-order valence-electron chi connectivity index (χ4n) is 2.80. The van der Waals surface area contributed by atoms with Crippen LogP contribution in [0.25, 0.3) is 0 Å². The predicted octanol–water partition coefficient (Wildman–Crippen LogP) is 2.91. The molecule has 1 aliphatic heterocycles. The Labute approximate surface area is 124 Å². The third kappa shape index (κ3) is 2.43. The lowest BCUT2D eigenvalue weighted by Crippen LogP contribution is -2.13. The van der Waals surface area contributed by atoms with Gasteiger partial charge in [-0.3, -0.25) is 0 Å². The van der Waals surface area contributed by atoms with E-state index in [0.29, 0.717) is 0 Å². The maximum Gasteiger partial charge on any atom is 0.161 e. The molecule has 1 unspecified atom stereocenters. The summed E-state index contributed by atoms with van der Waals surface area (Å²) in [6.45, 7) is 0.817. The first-order valence-electron chi connectivity index (χ1n) is 6.89. The summed E-state index contributed by atoms with van der Waals surface area (Å²) in [6, 6.07) is 12.4. The van der Waals surface area contributed by atoms with Crippen LogP contribution in [0, 0.1) is 0 Å². The van der Waals surface area contributed by atoms with Gasteiger partial charge in [0.1, 0.15) is 5.75 Å². The number of hydrogen-bond donors (Lipinski definition) is 1. The van der Waals surface area contributed by atoms with Crippen molar-refractivity contribution in [1.29, 1.82) is 0 Å². The van der Waals surface area contributed by atoms with Crippen molar-refractivity contribution in [3.8, 4) is 17.2 Å². The minimum absolute atomic E-state index is 0.148. The van der Waals surface area contributed by atoms with Gasteiger partial charge in [-0.2, -0.15) is 0 Å². The van der Waals surface area contributed by atoms with Gasteiger partial charge in [-0.15, -0.1) is 0 Å². The van der Waals surface area contributed by atoms with Gasteiger partial charge in [-0.05, 0) is 41.0 Å². The van der Waals surface area contributed by atoms with E-state index in [2.05, 4.69) is 23.5 Å². The Morgan fingerprint density at radius 2 is 1.71 bits per heavy atom. The van der Waals surface area contributed by atoms with Crippen molar-refractivity contribution < 1.29 is 14.2 Å². The van der Waals surface area contributed by atoms with Crippen LogP contribution in [0.3, 0.4) is 0 Å². The fraction of sp³-hybridized carbons (Fsp3) is 0.294. The number of benzene rings is 2. The highest BCUT2D eigenvalue weighted by Gasteiger charge is 2.26. The first-order chi connectivity index (χ1) is 10.3. The van der Waals surface area contributed by atoms with Gasteiger partial charge >= 0.3 is 0 Å². The lowest BCUT2D eigenvalue weighted by Gasteiger charge is -2.15. The van der Waals surface area contributed by atoms with Crippen LogP contribution in [0.2, 0.25) is 0 Å². The van der Waals surface area contributed by atoms with Crippen LogP contribution in [0.1, 0.15) is 22.7 Å². The molecule has 0 amide bonds. The van der Waals surface area contributed by atoms with Gasteiger partial charge in [0.25, 0.3) is 0 Å². The predicted molar refractivity (Wildman–Crippen MR) is 81.2 cm³/mol. The van der Waals surface area contributed by atoms with Crippen LogP contribution in [0.4, 0.5) is 0 Å². The SMILES string of the molecule is COc1cccc(C2NCc3cc(OC)c(OC)cc32)c1. The second-order valence-electron chi connectivity index (χ2n) is 5.00. The number of hydrogen-bond acceptors (Lipinski definition) is 4. The number of methoxy groups -OCH3 is 3. The Hall–Kier alpha value is -2.20. The number of rotatable bonds is 4. The summed E-state index contributed by atoms with van der Waals surface area (Å²) in [6.07, 6.45) is 0. The third-order valence-corrected chi connectivity index (χ3v) is 3.88. The summed E-state index contributed by atoms with van der Waals surface area (Å²) in [5.41, 5.74) is 3.64. The van der Waals surface area contributed by atoms with Crippen LogP contribution < -0.4 is 19.5 Å². The molecule has 0 radical (unpaired) electrons. The summed E-state index contributed by atoms with van der Waals surface area (Å²) in [7, 11) is 5.00. The molecule has 4 nitrogen and oxygen atoms in total. The number of nitrogens with one attached hydrogen (secondary N) is 1. The molecule has 0 aliphatic carbocycles. The van der Waals surface area contributed by atoms with E-state index < -0.39 is 0 Å². The highest BCUT2D eigenvalue weighted by Crippen LogP contribution is 2.39.